The van der Waals surface area contributed by atoms with Crippen LogP contribution in [0.2, 0.25) is 5.02 Å². The Bertz CT molecular complexity index is 489. The van der Waals surface area contributed by atoms with Crippen molar-refractivity contribution >= 4 is 39.2 Å². The summed E-state index contributed by atoms with van der Waals surface area (Å²) >= 11 is 9.36. The van der Waals surface area contributed by atoms with Gasteiger partial charge in [-0.05, 0) is 53.9 Å². The van der Waals surface area contributed by atoms with Crippen molar-refractivity contribution in [2.45, 2.75) is 25.3 Å². The summed E-state index contributed by atoms with van der Waals surface area (Å²) in [5.41, 5.74) is -0.0125. The van der Waals surface area contributed by atoms with E-state index in [1.165, 1.54) is 0 Å². The van der Waals surface area contributed by atoms with Gasteiger partial charge in [0.25, 0.3) is 0 Å². The summed E-state index contributed by atoms with van der Waals surface area (Å²) in [6.45, 7) is 3.14. The number of carbonyl (C=O) groups is 1. The molecule has 1 saturated heterocycles. The lowest BCUT2D eigenvalue weighted by Gasteiger charge is -2.36. The third-order valence-electron chi connectivity index (χ3n) is 3.21. The number of esters is 1. The molecule has 1 heterocycles. The average Bonchev–Trinajstić information content (AvgIpc) is 2.44. The molecular formula is C14H17BrClNO3. The predicted octanol–water partition coefficient (Wildman–Crippen LogP) is 3.63. The highest BCUT2D eigenvalue weighted by Gasteiger charge is 2.42. The first-order valence-electron chi connectivity index (χ1n) is 6.55. The standard InChI is InChI=1S/C14H17BrClNO3/c1-2-20-13(18)14(6-3-7-19-9-14)17-10-4-5-12(16)11(15)8-10/h4-5,8,17H,2-3,6-7,9H2,1H3. The molecular weight excluding hydrogens is 346 g/mol. The minimum atomic E-state index is -0.818. The van der Waals surface area contributed by atoms with Gasteiger partial charge in [0.1, 0.15) is 0 Å². The number of hydrogen-bond donors (Lipinski definition) is 1. The topological polar surface area (TPSA) is 47.6 Å². The normalized spacial score (nSPS) is 22.4. The molecule has 1 fully saturated rings. The zero-order valence-corrected chi connectivity index (χ0v) is 13.6. The number of nitrogens with one attached hydrogen (secondary N) is 1. The second-order valence-corrected chi connectivity index (χ2v) is 5.97. The Morgan fingerprint density at radius 2 is 2.40 bits per heavy atom. The Balaban J connectivity index is 2.22. The molecule has 0 aliphatic carbocycles. The second kappa shape index (κ2) is 6.78. The van der Waals surface area contributed by atoms with Crippen LogP contribution >= 0.6 is 27.5 Å². The maximum atomic E-state index is 12.3. The molecule has 110 valence electrons. The molecule has 0 bridgehead atoms. The van der Waals surface area contributed by atoms with Crippen LogP contribution in [0.4, 0.5) is 5.69 Å². The number of hydrogen-bond acceptors (Lipinski definition) is 4. The highest BCUT2D eigenvalue weighted by molar-refractivity contribution is 9.10. The Kier molecular flexibility index (Phi) is 5.29. The van der Waals surface area contributed by atoms with Crippen molar-refractivity contribution in [1.82, 2.24) is 0 Å². The average molecular weight is 363 g/mol. The van der Waals surface area contributed by atoms with E-state index in [1.54, 1.807) is 13.0 Å². The molecule has 0 spiro atoms. The number of halogens is 2. The van der Waals surface area contributed by atoms with E-state index in [-0.39, 0.29) is 5.97 Å². The van der Waals surface area contributed by atoms with Crippen molar-refractivity contribution in [3.05, 3.63) is 27.7 Å². The lowest BCUT2D eigenvalue weighted by Crippen LogP contribution is -2.53. The minimum Gasteiger partial charge on any atom is -0.464 e. The highest BCUT2D eigenvalue weighted by atomic mass is 79.9. The molecule has 0 aromatic heterocycles. The third kappa shape index (κ3) is 3.45. The van der Waals surface area contributed by atoms with Gasteiger partial charge in [-0.2, -0.15) is 0 Å². The Labute approximate surface area is 131 Å². The van der Waals surface area contributed by atoms with E-state index < -0.39 is 5.54 Å². The summed E-state index contributed by atoms with van der Waals surface area (Å²) in [5.74, 6) is -0.272. The van der Waals surface area contributed by atoms with Gasteiger partial charge in [0.15, 0.2) is 5.54 Å². The van der Waals surface area contributed by atoms with Gasteiger partial charge in [0.05, 0.1) is 18.2 Å². The molecule has 1 atom stereocenters. The first-order valence-corrected chi connectivity index (χ1v) is 7.73. The smallest absolute Gasteiger partial charge is 0.334 e. The van der Waals surface area contributed by atoms with E-state index >= 15 is 0 Å². The third-order valence-corrected chi connectivity index (χ3v) is 4.42. The van der Waals surface area contributed by atoms with Gasteiger partial charge in [-0.3, -0.25) is 0 Å². The van der Waals surface area contributed by atoms with E-state index in [0.29, 0.717) is 31.3 Å². The Morgan fingerprint density at radius 3 is 3.00 bits per heavy atom. The van der Waals surface area contributed by atoms with Gasteiger partial charge in [0.2, 0.25) is 0 Å². The minimum absolute atomic E-state index is 0.272. The maximum Gasteiger partial charge on any atom is 0.334 e. The summed E-state index contributed by atoms with van der Waals surface area (Å²) in [7, 11) is 0. The molecule has 0 saturated carbocycles. The summed E-state index contributed by atoms with van der Waals surface area (Å²) in [4.78, 5) is 12.3. The van der Waals surface area contributed by atoms with Crippen LogP contribution in [-0.2, 0) is 14.3 Å². The van der Waals surface area contributed by atoms with Crippen molar-refractivity contribution in [3.8, 4) is 0 Å². The van der Waals surface area contributed by atoms with Gasteiger partial charge in [-0.25, -0.2) is 4.79 Å². The van der Waals surface area contributed by atoms with Gasteiger partial charge in [0, 0.05) is 16.8 Å². The van der Waals surface area contributed by atoms with Gasteiger partial charge >= 0.3 is 5.97 Å². The summed E-state index contributed by atoms with van der Waals surface area (Å²) in [6, 6.07) is 5.46. The van der Waals surface area contributed by atoms with Crippen LogP contribution in [0, 0.1) is 0 Å². The lowest BCUT2D eigenvalue weighted by molar-refractivity contribution is -0.153. The molecule has 2 rings (SSSR count). The molecule has 6 heteroatoms. The number of benzene rings is 1. The zero-order valence-electron chi connectivity index (χ0n) is 11.2. The first-order chi connectivity index (χ1) is 9.57. The van der Waals surface area contributed by atoms with Crippen LogP contribution in [-0.4, -0.2) is 31.3 Å². The molecule has 1 aliphatic rings. The van der Waals surface area contributed by atoms with E-state index in [1.807, 2.05) is 12.1 Å². The fourth-order valence-electron chi connectivity index (χ4n) is 2.22. The van der Waals surface area contributed by atoms with Crippen LogP contribution in [0.15, 0.2) is 22.7 Å². The molecule has 1 aromatic carbocycles. The van der Waals surface area contributed by atoms with E-state index in [9.17, 15) is 4.79 Å². The van der Waals surface area contributed by atoms with Crippen LogP contribution < -0.4 is 5.32 Å². The number of ether oxygens (including phenoxy) is 2. The maximum absolute atomic E-state index is 12.3. The zero-order chi connectivity index (χ0) is 14.6. The second-order valence-electron chi connectivity index (χ2n) is 4.71. The van der Waals surface area contributed by atoms with Crippen LogP contribution in [0.5, 0.6) is 0 Å². The Hall–Kier alpha value is -0.780. The molecule has 1 aromatic rings. The summed E-state index contributed by atoms with van der Waals surface area (Å²) < 4.78 is 11.4. The highest BCUT2D eigenvalue weighted by Crippen LogP contribution is 2.30. The van der Waals surface area contributed by atoms with E-state index in [4.69, 9.17) is 21.1 Å². The molecule has 4 nitrogen and oxygen atoms in total. The van der Waals surface area contributed by atoms with Crippen molar-refractivity contribution in [3.63, 3.8) is 0 Å². The first kappa shape index (κ1) is 15.6. The lowest BCUT2D eigenvalue weighted by atomic mass is 9.92. The van der Waals surface area contributed by atoms with E-state index in [2.05, 4.69) is 21.2 Å². The van der Waals surface area contributed by atoms with Gasteiger partial charge in [-0.1, -0.05) is 11.6 Å². The van der Waals surface area contributed by atoms with E-state index in [0.717, 1.165) is 16.6 Å². The van der Waals surface area contributed by atoms with Gasteiger partial charge < -0.3 is 14.8 Å². The SMILES string of the molecule is CCOC(=O)C1(Nc2ccc(Cl)c(Br)c2)CCCOC1. The number of rotatable bonds is 4. The van der Waals surface area contributed by atoms with Crippen molar-refractivity contribution < 1.29 is 14.3 Å². The molecule has 1 unspecified atom stereocenters. The van der Waals surface area contributed by atoms with Crippen molar-refractivity contribution in [1.29, 1.82) is 0 Å². The quantitative estimate of drug-likeness (QED) is 0.831. The van der Waals surface area contributed by atoms with Crippen molar-refractivity contribution in [2.24, 2.45) is 0 Å². The fraction of sp³-hybridized carbons (Fsp3) is 0.500. The monoisotopic (exact) mass is 361 g/mol. The van der Waals surface area contributed by atoms with Gasteiger partial charge in [-0.15, -0.1) is 0 Å². The molecule has 20 heavy (non-hydrogen) atoms. The molecule has 1 N–H and O–H groups in total. The number of anilines is 1. The van der Waals surface area contributed by atoms with Crippen molar-refractivity contribution in [2.75, 3.05) is 25.1 Å². The van der Waals surface area contributed by atoms with Crippen LogP contribution in [0.1, 0.15) is 19.8 Å². The summed E-state index contributed by atoms with van der Waals surface area (Å²) in [6.07, 6.45) is 1.51. The summed E-state index contributed by atoms with van der Waals surface area (Å²) in [5, 5.41) is 3.88. The fourth-order valence-corrected chi connectivity index (χ4v) is 2.72. The predicted molar refractivity (Wildman–Crippen MR) is 82.2 cm³/mol. The largest absolute Gasteiger partial charge is 0.464 e. The Morgan fingerprint density at radius 1 is 1.60 bits per heavy atom. The van der Waals surface area contributed by atoms with Crippen LogP contribution in [0.3, 0.4) is 0 Å². The number of carbonyl (C=O) groups excluding carboxylic acids is 1. The molecule has 0 amide bonds. The molecule has 1 aliphatic heterocycles. The van der Waals surface area contributed by atoms with Crippen LogP contribution in [0.25, 0.3) is 0 Å². The molecule has 0 radical (unpaired) electrons.